The summed E-state index contributed by atoms with van der Waals surface area (Å²) in [6.07, 6.45) is 4.61. The standard InChI is InChI=1S/C25H31FN2O2/c1-25(30)15-16-28(17-18-11-13-21(26)14-12-18)22(19-7-3-2-4-8-19)23(25)27-24(29)20-9-5-6-10-20/h2-4,7-8,11-14,20,22-23,30H,5-6,9-10,15-17H2,1H3,(H,27,29)/t22-,23-,25+/m0/s1. The number of hydrogen-bond donors (Lipinski definition) is 2. The third kappa shape index (κ3) is 4.57. The second-order valence-electron chi connectivity index (χ2n) is 9.03. The topological polar surface area (TPSA) is 52.6 Å². The monoisotopic (exact) mass is 410 g/mol. The Bertz CT molecular complexity index is 847. The van der Waals surface area contributed by atoms with Crippen LogP contribution in [0.5, 0.6) is 0 Å². The summed E-state index contributed by atoms with van der Waals surface area (Å²) >= 11 is 0. The zero-order valence-corrected chi connectivity index (χ0v) is 17.6. The van der Waals surface area contributed by atoms with Gasteiger partial charge in [0, 0.05) is 19.0 Å². The van der Waals surface area contributed by atoms with Crippen molar-refractivity contribution in [2.24, 2.45) is 5.92 Å². The largest absolute Gasteiger partial charge is 0.388 e. The summed E-state index contributed by atoms with van der Waals surface area (Å²) in [6.45, 7) is 3.16. The van der Waals surface area contributed by atoms with Crippen molar-refractivity contribution in [1.82, 2.24) is 10.2 Å². The van der Waals surface area contributed by atoms with E-state index in [2.05, 4.69) is 22.3 Å². The fourth-order valence-electron chi connectivity index (χ4n) is 4.96. The number of carbonyl (C=O) groups excluding carboxylic acids is 1. The van der Waals surface area contributed by atoms with Crippen molar-refractivity contribution in [3.05, 3.63) is 71.5 Å². The average molecular weight is 411 g/mol. The van der Waals surface area contributed by atoms with Gasteiger partial charge in [0.25, 0.3) is 0 Å². The van der Waals surface area contributed by atoms with Crippen molar-refractivity contribution in [2.45, 2.75) is 63.3 Å². The molecule has 1 heterocycles. The molecule has 1 amide bonds. The number of likely N-dealkylation sites (tertiary alicyclic amines) is 1. The molecule has 30 heavy (non-hydrogen) atoms. The lowest BCUT2D eigenvalue weighted by molar-refractivity contribution is -0.132. The van der Waals surface area contributed by atoms with E-state index < -0.39 is 11.6 Å². The first kappa shape index (κ1) is 21.0. The molecule has 0 aromatic heterocycles. The van der Waals surface area contributed by atoms with Gasteiger partial charge in [-0.3, -0.25) is 9.69 Å². The highest BCUT2D eigenvalue weighted by atomic mass is 19.1. The maximum absolute atomic E-state index is 13.4. The summed E-state index contributed by atoms with van der Waals surface area (Å²) in [5, 5.41) is 14.5. The number of halogens is 1. The van der Waals surface area contributed by atoms with Gasteiger partial charge >= 0.3 is 0 Å². The lowest BCUT2D eigenvalue weighted by Gasteiger charge is -2.49. The number of nitrogens with zero attached hydrogens (tertiary/aromatic N) is 1. The van der Waals surface area contributed by atoms with E-state index in [9.17, 15) is 14.3 Å². The second kappa shape index (κ2) is 8.86. The normalized spacial score (nSPS) is 27.8. The van der Waals surface area contributed by atoms with Gasteiger partial charge in [0.2, 0.25) is 5.91 Å². The van der Waals surface area contributed by atoms with Crippen LogP contribution in [0.15, 0.2) is 54.6 Å². The molecule has 0 radical (unpaired) electrons. The number of aliphatic hydroxyl groups is 1. The Balaban J connectivity index is 1.64. The third-order valence-corrected chi connectivity index (χ3v) is 6.75. The van der Waals surface area contributed by atoms with Crippen LogP contribution in [-0.2, 0) is 11.3 Å². The van der Waals surface area contributed by atoms with Crippen molar-refractivity contribution >= 4 is 5.91 Å². The van der Waals surface area contributed by atoms with Gasteiger partial charge in [-0.25, -0.2) is 4.39 Å². The van der Waals surface area contributed by atoms with Crippen molar-refractivity contribution in [3.8, 4) is 0 Å². The minimum absolute atomic E-state index is 0.0460. The maximum atomic E-state index is 13.4. The Morgan fingerprint density at radius 1 is 1.13 bits per heavy atom. The van der Waals surface area contributed by atoms with Crippen LogP contribution in [0, 0.1) is 11.7 Å². The van der Waals surface area contributed by atoms with Crippen molar-refractivity contribution < 1.29 is 14.3 Å². The van der Waals surface area contributed by atoms with E-state index in [1.165, 1.54) is 12.1 Å². The molecule has 0 bridgehead atoms. The van der Waals surface area contributed by atoms with Crippen LogP contribution < -0.4 is 5.32 Å². The third-order valence-electron chi connectivity index (χ3n) is 6.75. The van der Waals surface area contributed by atoms with Gasteiger partial charge in [-0.2, -0.15) is 0 Å². The molecule has 2 aliphatic rings. The molecule has 5 heteroatoms. The summed E-state index contributed by atoms with van der Waals surface area (Å²) < 4.78 is 13.4. The van der Waals surface area contributed by atoms with Crippen LogP contribution in [0.4, 0.5) is 4.39 Å². The first-order chi connectivity index (χ1) is 14.4. The van der Waals surface area contributed by atoms with E-state index in [1.54, 1.807) is 12.1 Å². The molecule has 2 aromatic carbocycles. The quantitative estimate of drug-likeness (QED) is 0.777. The van der Waals surface area contributed by atoms with Crippen LogP contribution in [-0.4, -0.2) is 34.1 Å². The Labute approximate surface area is 178 Å². The fraction of sp³-hybridized carbons (Fsp3) is 0.480. The molecule has 2 aromatic rings. The summed E-state index contributed by atoms with van der Waals surface area (Å²) in [6, 6.07) is 16.0. The minimum Gasteiger partial charge on any atom is -0.388 e. The van der Waals surface area contributed by atoms with Crippen LogP contribution >= 0.6 is 0 Å². The number of hydrogen-bond acceptors (Lipinski definition) is 3. The summed E-state index contributed by atoms with van der Waals surface area (Å²) in [4.78, 5) is 15.3. The molecule has 3 atom stereocenters. The Morgan fingerprint density at radius 3 is 2.47 bits per heavy atom. The van der Waals surface area contributed by atoms with Gasteiger partial charge < -0.3 is 10.4 Å². The number of piperidine rings is 1. The highest BCUT2D eigenvalue weighted by molar-refractivity contribution is 5.79. The molecule has 0 spiro atoms. The molecule has 2 N–H and O–H groups in total. The van der Waals surface area contributed by atoms with E-state index in [0.29, 0.717) is 19.5 Å². The average Bonchev–Trinajstić information content (AvgIpc) is 3.28. The molecule has 2 fully saturated rings. The summed E-state index contributed by atoms with van der Waals surface area (Å²) in [5.74, 6) is -0.145. The molecule has 1 aliphatic carbocycles. The Morgan fingerprint density at radius 2 is 1.80 bits per heavy atom. The van der Waals surface area contributed by atoms with E-state index in [-0.39, 0.29) is 23.7 Å². The Kier molecular flexibility index (Phi) is 6.21. The van der Waals surface area contributed by atoms with E-state index in [1.807, 2.05) is 25.1 Å². The first-order valence-corrected chi connectivity index (χ1v) is 11.0. The van der Waals surface area contributed by atoms with Gasteiger partial charge in [0.15, 0.2) is 0 Å². The molecule has 1 saturated carbocycles. The van der Waals surface area contributed by atoms with Gasteiger partial charge in [-0.1, -0.05) is 55.3 Å². The molecule has 1 saturated heterocycles. The van der Waals surface area contributed by atoms with Gasteiger partial charge in [-0.05, 0) is 49.4 Å². The lowest BCUT2D eigenvalue weighted by atomic mass is 9.79. The van der Waals surface area contributed by atoms with Gasteiger partial charge in [-0.15, -0.1) is 0 Å². The zero-order valence-electron chi connectivity index (χ0n) is 17.6. The molecule has 160 valence electrons. The molecule has 4 rings (SSSR count). The number of carbonyl (C=O) groups is 1. The molecule has 1 aliphatic heterocycles. The molecular weight excluding hydrogens is 379 g/mol. The second-order valence-corrected chi connectivity index (χ2v) is 9.03. The zero-order chi connectivity index (χ0) is 21.1. The number of nitrogens with one attached hydrogen (secondary N) is 1. The summed E-state index contributed by atoms with van der Waals surface area (Å²) in [7, 11) is 0. The minimum atomic E-state index is -1.01. The van der Waals surface area contributed by atoms with E-state index >= 15 is 0 Å². The molecule has 0 unspecified atom stereocenters. The fourth-order valence-corrected chi connectivity index (χ4v) is 4.96. The number of rotatable bonds is 5. The number of benzene rings is 2. The van der Waals surface area contributed by atoms with Crippen molar-refractivity contribution in [1.29, 1.82) is 0 Å². The van der Waals surface area contributed by atoms with Crippen molar-refractivity contribution in [2.75, 3.05) is 6.54 Å². The van der Waals surface area contributed by atoms with Gasteiger partial charge in [0.1, 0.15) is 5.82 Å². The van der Waals surface area contributed by atoms with Crippen LogP contribution in [0.2, 0.25) is 0 Å². The highest BCUT2D eigenvalue weighted by Gasteiger charge is 2.46. The summed E-state index contributed by atoms with van der Waals surface area (Å²) in [5.41, 5.74) is 1.07. The Hall–Kier alpha value is -2.24. The van der Waals surface area contributed by atoms with E-state index in [4.69, 9.17) is 0 Å². The lowest BCUT2D eigenvalue weighted by Crippen LogP contribution is -2.62. The highest BCUT2D eigenvalue weighted by Crippen LogP contribution is 2.38. The molecule has 4 nitrogen and oxygen atoms in total. The van der Waals surface area contributed by atoms with E-state index in [0.717, 1.165) is 36.8 Å². The SMILES string of the molecule is C[C@@]1(O)CCN(Cc2ccc(F)cc2)[C@@H](c2ccccc2)[C@@H]1NC(=O)C1CCCC1. The smallest absolute Gasteiger partial charge is 0.223 e. The predicted molar refractivity (Wildman–Crippen MR) is 115 cm³/mol. The first-order valence-electron chi connectivity index (χ1n) is 11.0. The van der Waals surface area contributed by atoms with Crippen LogP contribution in [0.3, 0.4) is 0 Å². The van der Waals surface area contributed by atoms with Crippen LogP contribution in [0.1, 0.15) is 56.2 Å². The maximum Gasteiger partial charge on any atom is 0.223 e. The number of amides is 1. The predicted octanol–water partition coefficient (Wildman–Crippen LogP) is 4.20. The van der Waals surface area contributed by atoms with Crippen LogP contribution in [0.25, 0.3) is 0 Å². The molecular formula is C25H31FN2O2. The van der Waals surface area contributed by atoms with Crippen molar-refractivity contribution in [3.63, 3.8) is 0 Å². The van der Waals surface area contributed by atoms with Gasteiger partial charge in [0.05, 0.1) is 17.7 Å².